The zero-order valence-electron chi connectivity index (χ0n) is 11.6. The van der Waals surface area contributed by atoms with Gasteiger partial charge in [0.25, 0.3) is 0 Å². The van der Waals surface area contributed by atoms with Crippen LogP contribution in [-0.2, 0) is 4.74 Å². The van der Waals surface area contributed by atoms with E-state index in [9.17, 15) is 0 Å². The van der Waals surface area contributed by atoms with E-state index in [0.717, 1.165) is 24.6 Å². The van der Waals surface area contributed by atoms with Gasteiger partial charge in [0.15, 0.2) is 0 Å². The first-order valence-corrected chi connectivity index (χ1v) is 8.30. The minimum Gasteiger partial charge on any atom is -0.379 e. The Hall–Kier alpha value is -0.220. The number of thioether (sulfide) groups is 1. The topological polar surface area (TPSA) is 21.3 Å². The Morgan fingerprint density at radius 3 is 3.11 bits per heavy atom. The summed E-state index contributed by atoms with van der Waals surface area (Å²) in [5.74, 6) is 1.18. The quantitative estimate of drug-likeness (QED) is 0.792. The summed E-state index contributed by atoms with van der Waals surface area (Å²) < 4.78 is 5.55. The molecule has 0 saturated carbocycles. The van der Waals surface area contributed by atoms with Crippen molar-refractivity contribution in [3.05, 3.63) is 28.8 Å². The first-order valence-electron chi connectivity index (χ1n) is 6.94. The molecule has 2 nitrogen and oxygen atoms in total. The van der Waals surface area contributed by atoms with Gasteiger partial charge in [0, 0.05) is 22.6 Å². The van der Waals surface area contributed by atoms with E-state index in [0.29, 0.717) is 12.1 Å². The van der Waals surface area contributed by atoms with Crippen molar-refractivity contribution in [2.24, 2.45) is 0 Å². The Morgan fingerprint density at radius 2 is 2.32 bits per heavy atom. The summed E-state index contributed by atoms with van der Waals surface area (Å²) in [6, 6.07) is 6.66. The van der Waals surface area contributed by atoms with Crippen LogP contribution in [0.2, 0.25) is 5.02 Å². The molecule has 2 rings (SSSR count). The molecule has 1 aliphatic heterocycles. The Kier molecular flexibility index (Phi) is 6.02. The number of nitrogens with one attached hydrogen (secondary N) is 1. The van der Waals surface area contributed by atoms with Crippen LogP contribution in [-0.4, -0.2) is 25.0 Å². The molecule has 0 aromatic heterocycles. The van der Waals surface area contributed by atoms with Crippen LogP contribution in [0.25, 0.3) is 0 Å². The second kappa shape index (κ2) is 7.53. The molecule has 0 saturated heterocycles. The summed E-state index contributed by atoms with van der Waals surface area (Å²) in [4.78, 5) is 1.37. The van der Waals surface area contributed by atoms with Crippen LogP contribution in [0.3, 0.4) is 0 Å². The summed E-state index contributed by atoms with van der Waals surface area (Å²) in [6.07, 6.45) is 2.55. The molecule has 1 aliphatic rings. The molecule has 1 heterocycles. The molecular weight excluding hydrogens is 278 g/mol. The van der Waals surface area contributed by atoms with Gasteiger partial charge in [0.2, 0.25) is 0 Å². The number of ether oxygens (including phenoxy) is 1. The van der Waals surface area contributed by atoms with Crippen molar-refractivity contribution in [2.75, 3.05) is 18.9 Å². The van der Waals surface area contributed by atoms with E-state index in [-0.39, 0.29) is 0 Å². The molecular formula is C15H22ClNOS. The summed E-state index contributed by atoms with van der Waals surface area (Å²) >= 11 is 8.03. The number of rotatable bonds is 6. The predicted octanol–water partition coefficient (Wildman–Crippen LogP) is 4.28. The summed E-state index contributed by atoms with van der Waals surface area (Å²) in [7, 11) is 0. The molecule has 0 aliphatic carbocycles. The van der Waals surface area contributed by atoms with E-state index >= 15 is 0 Å². The third kappa shape index (κ3) is 4.67. The SMILES string of the molecule is CC(C)OCCCNC1CCSc2ccc(Cl)cc21. The van der Waals surface area contributed by atoms with Gasteiger partial charge in [-0.3, -0.25) is 0 Å². The lowest BCUT2D eigenvalue weighted by Gasteiger charge is -2.26. The first-order chi connectivity index (χ1) is 9.16. The van der Waals surface area contributed by atoms with Crippen LogP contribution in [0.5, 0.6) is 0 Å². The van der Waals surface area contributed by atoms with Crippen molar-refractivity contribution in [1.82, 2.24) is 5.32 Å². The Labute approximate surface area is 125 Å². The van der Waals surface area contributed by atoms with Crippen molar-refractivity contribution >= 4 is 23.4 Å². The molecule has 0 amide bonds. The molecule has 0 spiro atoms. The van der Waals surface area contributed by atoms with Gasteiger partial charge in [-0.2, -0.15) is 0 Å². The molecule has 1 atom stereocenters. The number of hydrogen-bond acceptors (Lipinski definition) is 3. The van der Waals surface area contributed by atoms with Crippen LogP contribution < -0.4 is 5.32 Å². The van der Waals surface area contributed by atoms with Crippen LogP contribution in [0.1, 0.15) is 38.3 Å². The first kappa shape index (κ1) is 15.2. The number of fused-ring (bicyclic) bond motifs is 1. The van der Waals surface area contributed by atoms with Gasteiger partial charge in [-0.25, -0.2) is 0 Å². The number of benzene rings is 1. The van der Waals surface area contributed by atoms with Gasteiger partial charge in [-0.05, 0) is 62.7 Å². The summed E-state index contributed by atoms with van der Waals surface area (Å²) in [5.41, 5.74) is 1.36. The Morgan fingerprint density at radius 1 is 1.47 bits per heavy atom. The fraction of sp³-hybridized carbons (Fsp3) is 0.600. The van der Waals surface area contributed by atoms with E-state index in [1.807, 2.05) is 17.8 Å². The molecule has 0 bridgehead atoms. The standard InChI is InChI=1S/C15H22ClNOS/c1-11(2)18-8-3-7-17-14-6-9-19-15-5-4-12(16)10-13(14)15/h4-5,10-11,14,17H,3,6-9H2,1-2H3. The molecule has 1 N–H and O–H groups in total. The number of halogens is 1. The zero-order valence-corrected chi connectivity index (χ0v) is 13.2. The Bertz CT molecular complexity index is 411. The lowest BCUT2D eigenvalue weighted by Crippen LogP contribution is -2.26. The smallest absolute Gasteiger partial charge is 0.0518 e. The lowest BCUT2D eigenvalue weighted by molar-refractivity contribution is 0.0766. The summed E-state index contributed by atoms with van der Waals surface area (Å²) in [5, 5.41) is 4.46. The largest absolute Gasteiger partial charge is 0.379 e. The fourth-order valence-electron chi connectivity index (χ4n) is 2.24. The maximum absolute atomic E-state index is 6.10. The van der Waals surface area contributed by atoms with Gasteiger partial charge < -0.3 is 10.1 Å². The fourth-order valence-corrected chi connectivity index (χ4v) is 3.53. The van der Waals surface area contributed by atoms with Crippen molar-refractivity contribution in [2.45, 2.75) is 43.7 Å². The zero-order chi connectivity index (χ0) is 13.7. The van der Waals surface area contributed by atoms with Crippen molar-refractivity contribution in [3.63, 3.8) is 0 Å². The van der Waals surface area contributed by atoms with Crippen molar-refractivity contribution < 1.29 is 4.74 Å². The maximum atomic E-state index is 6.10. The highest BCUT2D eigenvalue weighted by Gasteiger charge is 2.20. The molecule has 0 fully saturated rings. The minimum absolute atomic E-state index is 0.325. The van der Waals surface area contributed by atoms with E-state index < -0.39 is 0 Å². The average Bonchev–Trinajstić information content (AvgIpc) is 2.38. The maximum Gasteiger partial charge on any atom is 0.0518 e. The summed E-state index contributed by atoms with van der Waals surface area (Å²) in [6.45, 7) is 5.97. The normalized spacial score (nSPS) is 18.6. The molecule has 106 valence electrons. The Balaban J connectivity index is 1.84. The predicted molar refractivity (Wildman–Crippen MR) is 83.2 cm³/mol. The molecule has 4 heteroatoms. The van der Waals surface area contributed by atoms with Crippen LogP contribution in [0, 0.1) is 0 Å². The van der Waals surface area contributed by atoms with Gasteiger partial charge in [0.1, 0.15) is 0 Å². The van der Waals surface area contributed by atoms with Crippen LogP contribution >= 0.6 is 23.4 Å². The van der Waals surface area contributed by atoms with Crippen molar-refractivity contribution in [1.29, 1.82) is 0 Å². The van der Waals surface area contributed by atoms with Crippen LogP contribution in [0.4, 0.5) is 0 Å². The molecule has 19 heavy (non-hydrogen) atoms. The molecule has 1 aromatic carbocycles. The van der Waals surface area contributed by atoms with Crippen LogP contribution in [0.15, 0.2) is 23.1 Å². The third-order valence-electron chi connectivity index (χ3n) is 3.17. The van der Waals surface area contributed by atoms with E-state index in [2.05, 4.69) is 31.3 Å². The van der Waals surface area contributed by atoms with Crippen molar-refractivity contribution in [3.8, 4) is 0 Å². The van der Waals surface area contributed by atoms with E-state index in [1.165, 1.54) is 22.6 Å². The van der Waals surface area contributed by atoms with Gasteiger partial charge in [-0.15, -0.1) is 11.8 Å². The average molecular weight is 300 g/mol. The minimum atomic E-state index is 0.325. The monoisotopic (exact) mass is 299 g/mol. The highest BCUT2D eigenvalue weighted by Crippen LogP contribution is 2.37. The molecule has 1 aromatic rings. The number of hydrogen-bond donors (Lipinski definition) is 1. The van der Waals surface area contributed by atoms with Gasteiger partial charge >= 0.3 is 0 Å². The lowest BCUT2D eigenvalue weighted by atomic mass is 10.0. The van der Waals surface area contributed by atoms with E-state index in [1.54, 1.807) is 0 Å². The second-order valence-electron chi connectivity index (χ2n) is 5.10. The highest BCUT2D eigenvalue weighted by atomic mass is 35.5. The highest BCUT2D eigenvalue weighted by molar-refractivity contribution is 7.99. The molecule has 1 unspecified atom stereocenters. The van der Waals surface area contributed by atoms with Gasteiger partial charge in [-0.1, -0.05) is 11.6 Å². The third-order valence-corrected chi connectivity index (χ3v) is 4.53. The molecule has 0 radical (unpaired) electrons. The second-order valence-corrected chi connectivity index (χ2v) is 6.67. The van der Waals surface area contributed by atoms with Gasteiger partial charge in [0.05, 0.1) is 6.10 Å². The van der Waals surface area contributed by atoms with E-state index in [4.69, 9.17) is 16.3 Å².